The first-order valence-corrected chi connectivity index (χ1v) is 11.3. The van der Waals surface area contributed by atoms with E-state index in [4.69, 9.17) is 0 Å². The number of fused-ring (bicyclic) bond motifs is 2. The molecule has 0 radical (unpaired) electrons. The molecule has 1 saturated heterocycles. The van der Waals surface area contributed by atoms with Crippen LogP contribution in [0.15, 0.2) is 49.3 Å². The molecule has 2 amide bonds. The van der Waals surface area contributed by atoms with Crippen molar-refractivity contribution in [3.8, 4) is 0 Å². The zero-order chi connectivity index (χ0) is 22.4. The van der Waals surface area contributed by atoms with E-state index in [1.54, 1.807) is 58.3 Å². The summed E-state index contributed by atoms with van der Waals surface area (Å²) in [5, 5.41) is 8.57. The highest BCUT2D eigenvalue weighted by Crippen LogP contribution is 2.38. The van der Waals surface area contributed by atoms with E-state index in [2.05, 4.69) is 20.2 Å². The fraction of sp³-hybridized carbons (Fsp3) is 0.391. The minimum atomic E-state index is -0.386. The molecule has 4 aromatic heterocycles. The lowest BCUT2D eigenvalue weighted by molar-refractivity contribution is -0.0108. The van der Waals surface area contributed by atoms with Crippen LogP contribution in [0, 0.1) is 0 Å². The zero-order valence-corrected chi connectivity index (χ0v) is 18.2. The van der Waals surface area contributed by atoms with Gasteiger partial charge in [0.1, 0.15) is 11.1 Å². The van der Waals surface area contributed by atoms with Gasteiger partial charge in [0.15, 0.2) is 11.3 Å². The van der Waals surface area contributed by atoms with Crippen LogP contribution in [0.5, 0.6) is 0 Å². The summed E-state index contributed by atoms with van der Waals surface area (Å²) in [5.74, 6) is -0.145. The Bertz CT molecular complexity index is 1350. The molecule has 0 aromatic carbocycles. The third-order valence-electron chi connectivity index (χ3n) is 6.99. The summed E-state index contributed by atoms with van der Waals surface area (Å²) in [6, 6.07) is 3.57. The Hall–Kier alpha value is -3.82. The second kappa shape index (κ2) is 7.65. The molecule has 0 atom stereocenters. The molecular formula is C23H24N8O2. The summed E-state index contributed by atoms with van der Waals surface area (Å²) in [5.41, 5.74) is 1.73. The first-order chi connectivity index (χ1) is 16.2. The summed E-state index contributed by atoms with van der Waals surface area (Å²) in [6.45, 7) is 1.44. The Kier molecular flexibility index (Phi) is 4.60. The van der Waals surface area contributed by atoms with Gasteiger partial charge >= 0.3 is 0 Å². The molecule has 4 aromatic rings. The van der Waals surface area contributed by atoms with Gasteiger partial charge in [0.2, 0.25) is 0 Å². The monoisotopic (exact) mass is 444 g/mol. The Labute approximate surface area is 189 Å². The molecule has 168 valence electrons. The Morgan fingerprint density at radius 2 is 1.39 bits per heavy atom. The molecule has 0 bridgehead atoms. The molecule has 33 heavy (non-hydrogen) atoms. The number of rotatable bonds is 2. The van der Waals surface area contributed by atoms with Crippen LogP contribution >= 0.6 is 0 Å². The van der Waals surface area contributed by atoms with E-state index >= 15 is 0 Å². The fourth-order valence-corrected chi connectivity index (χ4v) is 5.38. The van der Waals surface area contributed by atoms with Gasteiger partial charge in [-0.15, -0.1) is 0 Å². The maximum Gasteiger partial charge on any atom is 0.259 e. The number of nitrogens with zero attached hydrogens (tertiary/aromatic N) is 8. The average Bonchev–Trinajstić information content (AvgIpc) is 3.48. The molecular weight excluding hydrogens is 420 g/mol. The van der Waals surface area contributed by atoms with E-state index in [0.29, 0.717) is 42.1 Å². The van der Waals surface area contributed by atoms with Crippen LogP contribution in [0.1, 0.15) is 52.8 Å². The van der Waals surface area contributed by atoms with E-state index in [0.717, 1.165) is 32.1 Å². The van der Waals surface area contributed by atoms with E-state index in [-0.39, 0.29) is 17.4 Å². The van der Waals surface area contributed by atoms with Gasteiger partial charge in [-0.25, -0.2) is 19.0 Å². The predicted octanol–water partition coefficient (Wildman–Crippen LogP) is 2.07. The molecule has 10 heteroatoms. The molecule has 1 saturated carbocycles. The largest absolute Gasteiger partial charge is 0.334 e. The van der Waals surface area contributed by atoms with Crippen molar-refractivity contribution in [2.45, 2.75) is 37.6 Å². The van der Waals surface area contributed by atoms with E-state index < -0.39 is 0 Å². The van der Waals surface area contributed by atoms with Gasteiger partial charge in [-0.05, 0) is 25.0 Å². The highest BCUT2D eigenvalue weighted by molar-refractivity contribution is 6.01. The van der Waals surface area contributed by atoms with E-state index in [1.807, 2.05) is 9.80 Å². The van der Waals surface area contributed by atoms with Crippen molar-refractivity contribution in [1.29, 1.82) is 0 Å². The lowest BCUT2D eigenvalue weighted by Gasteiger charge is -2.52. The molecule has 1 aliphatic carbocycles. The molecule has 6 rings (SSSR count). The molecule has 10 nitrogen and oxygen atoms in total. The minimum absolute atomic E-state index is 0.0599. The standard InChI is InChI=1S/C23H24N8O2/c32-21(17-14-26-30-10-4-8-24-19(17)30)28-12-13-29(23(16-28)6-2-1-3-7-23)22(33)18-15-27-31-11-5-9-25-20(18)31/h4-5,8-11,14-15H,1-3,6-7,12-13,16H2. The third-order valence-corrected chi connectivity index (χ3v) is 6.99. The summed E-state index contributed by atoms with van der Waals surface area (Å²) in [6.07, 6.45) is 15.1. The van der Waals surface area contributed by atoms with Crippen molar-refractivity contribution in [2.24, 2.45) is 0 Å². The van der Waals surface area contributed by atoms with Gasteiger partial charge in [-0.1, -0.05) is 19.3 Å². The van der Waals surface area contributed by atoms with Crippen molar-refractivity contribution >= 4 is 23.1 Å². The van der Waals surface area contributed by atoms with Gasteiger partial charge in [-0.3, -0.25) is 9.59 Å². The second-order valence-corrected chi connectivity index (χ2v) is 8.86. The van der Waals surface area contributed by atoms with Crippen LogP contribution in [-0.2, 0) is 0 Å². The molecule has 0 N–H and O–H groups in total. The molecule has 5 heterocycles. The number of carbonyl (C=O) groups is 2. The second-order valence-electron chi connectivity index (χ2n) is 8.86. The minimum Gasteiger partial charge on any atom is -0.334 e. The van der Waals surface area contributed by atoms with Crippen LogP contribution in [0.2, 0.25) is 0 Å². The predicted molar refractivity (Wildman–Crippen MR) is 119 cm³/mol. The SMILES string of the molecule is O=C(c1cnn2cccnc12)N1CCN(C(=O)c2cnn3cccnc23)C2(CCCCC2)C1. The van der Waals surface area contributed by atoms with Gasteiger partial charge in [0.25, 0.3) is 11.8 Å². The zero-order valence-electron chi connectivity index (χ0n) is 18.2. The van der Waals surface area contributed by atoms with E-state index in [9.17, 15) is 9.59 Å². The summed E-state index contributed by atoms with van der Waals surface area (Å²) >= 11 is 0. The van der Waals surface area contributed by atoms with Crippen LogP contribution < -0.4 is 0 Å². The Morgan fingerprint density at radius 1 is 0.788 bits per heavy atom. The summed E-state index contributed by atoms with van der Waals surface area (Å²) in [4.78, 5) is 39.8. The number of hydrogen-bond donors (Lipinski definition) is 0. The molecule has 2 fully saturated rings. The van der Waals surface area contributed by atoms with Crippen molar-refractivity contribution in [1.82, 2.24) is 39.0 Å². The number of carbonyl (C=O) groups excluding carboxylic acids is 2. The van der Waals surface area contributed by atoms with Crippen molar-refractivity contribution in [2.75, 3.05) is 19.6 Å². The maximum atomic E-state index is 13.7. The smallest absolute Gasteiger partial charge is 0.259 e. The van der Waals surface area contributed by atoms with Crippen molar-refractivity contribution in [3.05, 3.63) is 60.4 Å². The summed E-state index contributed by atoms with van der Waals surface area (Å²) < 4.78 is 3.24. The first-order valence-electron chi connectivity index (χ1n) is 11.3. The maximum absolute atomic E-state index is 13.7. The Balaban J connectivity index is 1.32. The number of piperazine rings is 1. The summed E-state index contributed by atoms with van der Waals surface area (Å²) in [7, 11) is 0. The van der Waals surface area contributed by atoms with Crippen LogP contribution in [0.3, 0.4) is 0 Å². The van der Waals surface area contributed by atoms with Crippen LogP contribution in [0.4, 0.5) is 0 Å². The van der Waals surface area contributed by atoms with Gasteiger partial charge in [0.05, 0.1) is 17.9 Å². The van der Waals surface area contributed by atoms with Crippen LogP contribution in [0.25, 0.3) is 11.3 Å². The van der Waals surface area contributed by atoms with Gasteiger partial charge in [0, 0.05) is 44.4 Å². The van der Waals surface area contributed by atoms with E-state index in [1.165, 1.54) is 0 Å². The van der Waals surface area contributed by atoms with Crippen LogP contribution in [-0.4, -0.2) is 76.0 Å². The normalized spacial score (nSPS) is 18.3. The number of aromatic nitrogens is 6. The quantitative estimate of drug-likeness (QED) is 0.469. The highest BCUT2D eigenvalue weighted by Gasteiger charge is 2.46. The molecule has 1 spiro atoms. The number of hydrogen-bond acceptors (Lipinski definition) is 6. The highest BCUT2D eigenvalue weighted by atomic mass is 16.2. The Morgan fingerprint density at radius 3 is 2.03 bits per heavy atom. The number of amides is 2. The third kappa shape index (κ3) is 3.16. The lowest BCUT2D eigenvalue weighted by Crippen LogP contribution is -2.65. The first kappa shape index (κ1) is 19.8. The molecule has 0 unspecified atom stereocenters. The lowest BCUT2D eigenvalue weighted by atomic mass is 9.78. The van der Waals surface area contributed by atoms with Gasteiger partial charge < -0.3 is 9.80 Å². The van der Waals surface area contributed by atoms with Crippen molar-refractivity contribution < 1.29 is 9.59 Å². The van der Waals surface area contributed by atoms with Crippen molar-refractivity contribution in [3.63, 3.8) is 0 Å². The topological polar surface area (TPSA) is 101 Å². The average molecular weight is 444 g/mol. The fourth-order valence-electron chi connectivity index (χ4n) is 5.38. The molecule has 2 aliphatic rings. The van der Waals surface area contributed by atoms with Gasteiger partial charge in [-0.2, -0.15) is 10.2 Å². The molecule has 1 aliphatic heterocycles.